The van der Waals surface area contributed by atoms with E-state index >= 15 is 0 Å². The minimum Gasteiger partial charge on any atom is -0.544 e. The summed E-state index contributed by atoms with van der Waals surface area (Å²) in [5.74, 6) is -1.77. The molecule has 0 heterocycles. The second-order valence-corrected chi connectivity index (χ2v) is 16.2. The van der Waals surface area contributed by atoms with Gasteiger partial charge in [-0.1, -0.05) is 151 Å². The zero-order chi connectivity index (χ0) is 42.8. The fraction of sp³-hybridized carbons (Fsp3) is 0.700. The third kappa shape index (κ3) is 38.3. The molecule has 0 saturated carbocycles. The SMILES string of the molecule is CC/C=C\C/C=C\C/C=C\CCCCCCCCCC(=O)OCC(COCCC(C(=O)[O-])[N+](C)(C)C)OC(=O)CCCCCCCCC/C=C\C/C=C\C/C=C\CC. The maximum atomic E-state index is 12.7. The van der Waals surface area contributed by atoms with Gasteiger partial charge in [-0.25, -0.2) is 0 Å². The predicted octanol–water partition coefficient (Wildman–Crippen LogP) is 11.4. The second-order valence-electron chi connectivity index (χ2n) is 16.2. The lowest BCUT2D eigenvalue weighted by Crippen LogP contribution is -2.55. The number of unbranched alkanes of at least 4 members (excludes halogenated alkanes) is 14. The lowest BCUT2D eigenvalue weighted by molar-refractivity contribution is -0.889. The van der Waals surface area contributed by atoms with Gasteiger partial charge in [-0.3, -0.25) is 9.59 Å². The second kappa shape index (κ2) is 40.5. The molecule has 0 fully saturated rings. The number of carbonyl (C=O) groups is 3. The Labute approximate surface area is 355 Å². The molecule has 0 N–H and O–H groups in total. The van der Waals surface area contributed by atoms with Crippen molar-refractivity contribution in [2.45, 2.75) is 187 Å². The van der Waals surface area contributed by atoms with Crippen LogP contribution >= 0.6 is 0 Å². The van der Waals surface area contributed by atoms with Gasteiger partial charge < -0.3 is 28.6 Å². The normalized spacial score (nSPS) is 13.6. The van der Waals surface area contributed by atoms with Gasteiger partial charge in [0.25, 0.3) is 0 Å². The topological polar surface area (TPSA) is 102 Å². The first-order valence-electron chi connectivity index (χ1n) is 23.0. The smallest absolute Gasteiger partial charge is 0.306 e. The van der Waals surface area contributed by atoms with Crippen molar-refractivity contribution in [3.8, 4) is 0 Å². The van der Waals surface area contributed by atoms with Crippen LogP contribution in [0.25, 0.3) is 0 Å². The first-order valence-corrected chi connectivity index (χ1v) is 23.0. The monoisotopic (exact) mass is 812 g/mol. The number of hydrogen-bond donors (Lipinski definition) is 0. The summed E-state index contributed by atoms with van der Waals surface area (Å²) < 4.78 is 17.2. The van der Waals surface area contributed by atoms with Crippen LogP contribution in [0, 0.1) is 0 Å². The van der Waals surface area contributed by atoms with Crippen LogP contribution in [0.1, 0.15) is 174 Å². The van der Waals surface area contributed by atoms with E-state index < -0.39 is 18.1 Å². The van der Waals surface area contributed by atoms with Gasteiger partial charge >= 0.3 is 11.9 Å². The molecule has 332 valence electrons. The van der Waals surface area contributed by atoms with Gasteiger partial charge in [0.05, 0.1) is 40.3 Å². The van der Waals surface area contributed by atoms with E-state index in [1.807, 2.05) is 0 Å². The molecule has 0 aliphatic rings. The Morgan fingerprint density at radius 1 is 0.517 bits per heavy atom. The number of quaternary nitrogens is 1. The number of aliphatic carboxylic acids is 1. The molecule has 8 heteroatoms. The third-order valence-corrected chi connectivity index (χ3v) is 9.84. The highest BCUT2D eigenvalue weighted by molar-refractivity contribution is 5.70. The minimum atomic E-state index is -1.13. The van der Waals surface area contributed by atoms with Crippen LogP contribution in [0.4, 0.5) is 0 Å². The Kier molecular flexibility index (Phi) is 38.3. The molecule has 0 spiro atoms. The fourth-order valence-corrected chi connectivity index (χ4v) is 6.33. The molecular weight excluding hydrogens is 727 g/mol. The summed E-state index contributed by atoms with van der Waals surface area (Å²) in [6.45, 7) is 4.41. The highest BCUT2D eigenvalue weighted by atomic mass is 16.6. The lowest BCUT2D eigenvalue weighted by Gasteiger charge is -2.34. The quantitative estimate of drug-likeness (QED) is 0.0263. The van der Waals surface area contributed by atoms with E-state index in [1.165, 1.54) is 44.9 Å². The molecule has 2 unspecified atom stereocenters. The van der Waals surface area contributed by atoms with Crippen LogP contribution < -0.4 is 5.11 Å². The van der Waals surface area contributed by atoms with Crippen molar-refractivity contribution in [1.82, 2.24) is 0 Å². The molecule has 58 heavy (non-hydrogen) atoms. The molecule has 0 rings (SSSR count). The van der Waals surface area contributed by atoms with Crippen LogP contribution in [0.5, 0.6) is 0 Å². The van der Waals surface area contributed by atoms with E-state index in [4.69, 9.17) is 14.2 Å². The Bertz CT molecular complexity index is 1180. The molecule has 0 aromatic carbocycles. The van der Waals surface area contributed by atoms with Gasteiger partial charge in [0.1, 0.15) is 12.6 Å². The number of carbonyl (C=O) groups excluding carboxylic acids is 3. The van der Waals surface area contributed by atoms with Crippen molar-refractivity contribution in [3.05, 3.63) is 72.9 Å². The van der Waals surface area contributed by atoms with Crippen molar-refractivity contribution in [2.75, 3.05) is 41.0 Å². The standard InChI is InChI=1S/C50H85NO7/c1-6-8-10-12-14-16-18-20-22-24-26-28-30-32-34-36-38-40-48(52)57-45-46(44-56-43-42-47(50(54)55)51(3,4)5)58-49(53)41-39-37-35-33-31-29-27-25-23-21-19-17-15-13-11-9-7-2/h8-11,14-17,20-23,46-47H,6-7,12-13,18-19,24-45H2,1-5H3/b10-8-,11-9-,16-14-,17-15-,22-20-,23-21-. The molecule has 8 nitrogen and oxygen atoms in total. The van der Waals surface area contributed by atoms with Gasteiger partial charge in [-0.15, -0.1) is 0 Å². The van der Waals surface area contributed by atoms with Gasteiger partial charge in [0.15, 0.2) is 6.10 Å². The lowest BCUT2D eigenvalue weighted by atomic mass is 10.1. The minimum absolute atomic E-state index is 0.0300. The molecule has 0 bridgehead atoms. The van der Waals surface area contributed by atoms with Crippen molar-refractivity contribution in [3.63, 3.8) is 0 Å². The average molecular weight is 812 g/mol. The van der Waals surface area contributed by atoms with E-state index in [1.54, 1.807) is 21.1 Å². The van der Waals surface area contributed by atoms with E-state index in [-0.39, 0.29) is 42.7 Å². The number of esters is 2. The number of carboxylic acids is 1. The van der Waals surface area contributed by atoms with Crippen molar-refractivity contribution in [1.29, 1.82) is 0 Å². The average Bonchev–Trinajstić information content (AvgIpc) is 3.18. The summed E-state index contributed by atoms with van der Waals surface area (Å²) in [5.41, 5.74) is 0. The summed E-state index contributed by atoms with van der Waals surface area (Å²) in [4.78, 5) is 36.9. The van der Waals surface area contributed by atoms with Crippen molar-refractivity contribution < 1.29 is 38.2 Å². The number of hydrogen-bond acceptors (Lipinski definition) is 7. The largest absolute Gasteiger partial charge is 0.544 e. The Balaban J connectivity index is 4.35. The first kappa shape index (κ1) is 54.8. The summed E-state index contributed by atoms with van der Waals surface area (Å²) in [7, 11) is 5.40. The number of allylic oxidation sites excluding steroid dienone is 12. The molecule has 0 amide bonds. The molecular formula is C50H85NO7. The number of likely N-dealkylation sites (N-methyl/N-ethyl adjacent to an activating group) is 1. The zero-order valence-electron chi connectivity index (χ0n) is 37.7. The molecule has 0 radical (unpaired) electrons. The van der Waals surface area contributed by atoms with E-state index in [0.717, 1.165) is 96.3 Å². The molecule has 0 aromatic rings. The van der Waals surface area contributed by atoms with Crippen LogP contribution in [-0.4, -0.2) is 75.5 Å². The summed E-state index contributed by atoms with van der Waals surface area (Å²) >= 11 is 0. The van der Waals surface area contributed by atoms with Crippen LogP contribution in [0.2, 0.25) is 0 Å². The highest BCUT2D eigenvalue weighted by Crippen LogP contribution is 2.14. The van der Waals surface area contributed by atoms with Crippen LogP contribution in [-0.2, 0) is 28.6 Å². The molecule has 0 aromatic heterocycles. The van der Waals surface area contributed by atoms with E-state index in [0.29, 0.717) is 12.8 Å². The van der Waals surface area contributed by atoms with Gasteiger partial charge in [0, 0.05) is 19.3 Å². The van der Waals surface area contributed by atoms with Crippen molar-refractivity contribution in [2.24, 2.45) is 0 Å². The third-order valence-electron chi connectivity index (χ3n) is 9.84. The Hall–Kier alpha value is -3.23. The summed E-state index contributed by atoms with van der Waals surface area (Å²) in [6.07, 6.45) is 50.6. The molecule has 2 atom stereocenters. The van der Waals surface area contributed by atoms with E-state index in [9.17, 15) is 19.5 Å². The maximum absolute atomic E-state index is 12.7. The Morgan fingerprint density at radius 3 is 1.34 bits per heavy atom. The number of nitrogens with zero attached hydrogens (tertiary/aromatic N) is 1. The number of ether oxygens (including phenoxy) is 3. The number of rotatable bonds is 40. The van der Waals surface area contributed by atoms with Crippen LogP contribution in [0.3, 0.4) is 0 Å². The summed E-state index contributed by atoms with van der Waals surface area (Å²) in [5, 5.41) is 11.6. The fourth-order valence-electron chi connectivity index (χ4n) is 6.33. The number of carboxylic acid groups (broad SMARTS) is 1. The molecule has 0 aliphatic carbocycles. The maximum Gasteiger partial charge on any atom is 0.306 e. The van der Waals surface area contributed by atoms with Gasteiger partial charge in [-0.2, -0.15) is 0 Å². The Morgan fingerprint density at radius 2 is 0.914 bits per heavy atom. The molecule has 0 saturated heterocycles. The van der Waals surface area contributed by atoms with Gasteiger partial charge in [0.2, 0.25) is 0 Å². The van der Waals surface area contributed by atoms with Crippen LogP contribution in [0.15, 0.2) is 72.9 Å². The molecule has 0 aliphatic heterocycles. The first-order chi connectivity index (χ1) is 28.1. The van der Waals surface area contributed by atoms with Gasteiger partial charge in [-0.05, 0) is 77.0 Å². The predicted molar refractivity (Wildman–Crippen MR) is 240 cm³/mol. The van der Waals surface area contributed by atoms with Crippen molar-refractivity contribution >= 4 is 17.9 Å². The van der Waals surface area contributed by atoms with E-state index in [2.05, 4.69) is 86.8 Å². The highest BCUT2D eigenvalue weighted by Gasteiger charge is 2.25. The zero-order valence-corrected chi connectivity index (χ0v) is 37.7. The summed E-state index contributed by atoms with van der Waals surface area (Å²) in [6, 6.07) is -0.732.